The van der Waals surface area contributed by atoms with Crippen LogP contribution in [0.5, 0.6) is 0 Å². The standard InChI is InChI=1S/C14H23NO2S/c1-14(2)16-12-10(9-18-3)8-15-7-5-4-6-11(15)13(12)17-14/h4-5,10-13H,6-9H2,1-3H3/t10-,11-,12+,13-/m0/s1. The molecule has 3 aliphatic heterocycles. The monoisotopic (exact) mass is 269 g/mol. The molecule has 2 fully saturated rings. The fourth-order valence-electron chi connectivity index (χ4n) is 3.53. The van der Waals surface area contributed by atoms with E-state index in [1.54, 1.807) is 0 Å². The number of hydrogen-bond acceptors (Lipinski definition) is 4. The molecule has 0 N–H and O–H groups in total. The molecule has 102 valence electrons. The largest absolute Gasteiger partial charge is 0.344 e. The third kappa shape index (κ3) is 2.24. The summed E-state index contributed by atoms with van der Waals surface area (Å²) in [5.74, 6) is 1.34. The van der Waals surface area contributed by atoms with E-state index in [9.17, 15) is 0 Å². The molecule has 2 saturated heterocycles. The molecule has 0 unspecified atom stereocenters. The quantitative estimate of drug-likeness (QED) is 0.716. The number of piperidine rings is 1. The van der Waals surface area contributed by atoms with Gasteiger partial charge in [0.1, 0.15) is 6.10 Å². The van der Waals surface area contributed by atoms with Gasteiger partial charge in [0, 0.05) is 25.0 Å². The molecule has 0 radical (unpaired) electrons. The molecule has 3 heterocycles. The van der Waals surface area contributed by atoms with Gasteiger partial charge in [0.15, 0.2) is 5.79 Å². The number of rotatable bonds is 2. The number of thioether (sulfide) groups is 1. The highest BCUT2D eigenvalue weighted by atomic mass is 32.2. The van der Waals surface area contributed by atoms with Crippen molar-refractivity contribution in [3.63, 3.8) is 0 Å². The van der Waals surface area contributed by atoms with Crippen LogP contribution < -0.4 is 0 Å². The average Bonchev–Trinajstić information content (AvgIpc) is 2.66. The average molecular weight is 269 g/mol. The summed E-state index contributed by atoms with van der Waals surface area (Å²) in [6.45, 7) is 6.31. The van der Waals surface area contributed by atoms with Gasteiger partial charge in [0.25, 0.3) is 0 Å². The summed E-state index contributed by atoms with van der Waals surface area (Å²) >= 11 is 1.92. The zero-order valence-corrected chi connectivity index (χ0v) is 12.3. The molecule has 4 heteroatoms. The van der Waals surface area contributed by atoms with Crippen LogP contribution in [0.3, 0.4) is 0 Å². The van der Waals surface area contributed by atoms with Gasteiger partial charge in [-0.2, -0.15) is 11.8 Å². The molecule has 0 amide bonds. The fraction of sp³-hybridized carbons (Fsp3) is 0.857. The maximum absolute atomic E-state index is 6.19. The molecule has 4 atom stereocenters. The highest BCUT2D eigenvalue weighted by Crippen LogP contribution is 2.41. The van der Waals surface area contributed by atoms with Gasteiger partial charge in [0.05, 0.1) is 6.10 Å². The highest BCUT2D eigenvalue weighted by molar-refractivity contribution is 7.98. The van der Waals surface area contributed by atoms with Crippen LogP contribution in [0.2, 0.25) is 0 Å². The summed E-state index contributed by atoms with van der Waals surface area (Å²) in [6, 6.07) is 0.514. The van der Waals surface area contributed by atoms with Gasteiger partial charge in [0.2, 0.25) is 0 Å². The number of hydrogen-bond donors (Lipinski definition) is 0. The minimum atomic E-state index is -0.414. The Morgan fingerprint density at radius 2 is 2.06 bits per heavy atom. The van der Waals surface area contributed by atoms with Crippen LogP contribution in [0.15, 0.2) is 12.2 Å². The van der Waals surface area contributed by atoms with E-state index in [1.807, 2.05) is 25.6 Å². The molecule has 3 aliphatic rings. The van der Waals surface area contributed by atoms with E-state index >= 15 is 0 Å². The van der Waals surface area contributed by atoms with E-state index in [-0.39, 0.29) is 12.2 Å². The molecule has 0 aromatic rings. The van der Waals surface area contributed by atoms with Crippen molar-refractivity contribution in [1.82, 2.24) is 4.90 Å². The lowest BCUT2D eigenvalue weighted by Gasteiger charge is -2.45. The van der Waals surface area contributed by atoms with Gasteiger partial charge in [-0.1, -0.05) is 12.2 Å². The van der Waals surface area contributed by atoms with Crippen molar-refractivity contribution < 1.29 is 9.47 Å². The summed E-state index contributed by atoms with van der Waals surface area (Å²) in [6.07, 6.45) is 8.39. The van der Waals surface area contributed by atoms with Gasteiger partial charge in [-0.25, -0.2) is 0 Å². The summed E-state index contributed by atoms with van der Waals surface area (Å²) in [5, 5.41) is 0. The normalized spacial score (nSPS) is 42.6. The lowest BCUT2D eigenvalue weighted by molar-refractivity contribution is -0.149. The summed E-state index contributed by atoms with van der Waals surface area (Å²) in [5.41, 5.74) is 0. The molecule has 0 aliphatic carbocycles. The maximum Gasteiger partial charge on any atom is 0.163 e. The molecule has 18 heavy (non-hydrogen) atoms. The van der Waals surface area contributed by atoms with E-state index < -0.39 is 5.79 Å². The van der Waals surface area contributed by atoms with Crippen LogP contribution in [0, 0.1) is 5.92 Å². The summed E-state index contributed by atoms with van der Waals surface area (Å²) in [7, 11) is 0. The van der Waals surface area contributed by atoms with Crippen LogP contribution in [0.25, 0.3) is 0 Å². The van der Waals surface area contributed by atoms with Crippen molar-refractivity contribution in [3.8, 4) is 0 Å². The van der Waals surface area contributed by atoms with Crippen molar-refractivity contribution in [2.45, 2.75) is 44.3 Å². The third-order valence-electron chi connectivity index (χ3n) is 4.21. The first-order valence-electron chi connectivity index (χ1n) is 6.84. The Balaban J connectivity index is 1.84. The topological polar surface area (TPSA) is 21.7 Å². The molecule has 3 rings (SSSR count). The zero-order valence-electron chi connectivity index (χ0n) is 11.5. The predicted octanol–water partition coefficient (Wildman–Crippen LogP) is 2.13. The number of ether oxygens (including phenoxy) is 2. The fourth-order valence-corrected chi connectivity index (χ4v) is 4.25. The van der Waals surface area contributed by atoms with Crippen molar-refractivity contribution in [2.24, 2.45) is 5.92 Å². The second-order valence-corrected chi connectivity index (χ2v) is 6.92. The summed E-state index contributed by atoms with van der Waals surface area (Å²) in [4.78, 5) is 2.58. The van der Waals surface area contributed by atoms with Gasteiger partial charge < -0.3 is 9.47 Å². The van der Waals surface area contributed by atoms with Crippen LogP contribution in [-0.2, 0) is 9.47 Å². The predicted molar refractivity (Wildman–Crippen MR) is 74.8 cm³/mol. The Kier molecular flexibility index (Phi) is 3.47. The van der Waals surface area contributed by atoms with Crippen molar-refractivity contribution in [1.29, 1.82) is 0 Å². The first-order chi connectivity index (χ1) is 8.61. The second kappa shape index (κ2) is 4.82. The first-order valence-corrected chi connectivity index (χ1v) is 8.24. The lowest BCUT2D eigenvalue weighted by atomic mass is 9.85. The minimum absolute atomic E-state index is 0.246. The van der Waals surface area contributed by atoms with Crippen LogP contribution >= 0.6 is 11.8 Å². The Labute approximate surface area is 114 Å². The number of nitrogens with zero attached hydrogens (tertiary/aromatic N) is 1. The molecule has 0 saturated carbocycles. The Morgan fingerprint density at radius 3 is 2.83 bits per heavy atom. The molecule has 0 spiro atoms. The van der Waals surface area contributed by atoms with E-state index in [1.165, 1.54) is 0 Å². The first kappa shape index (κ1) is 13.0. The molecule has 0 aromatic carbocycles. The Morgan fingerprint density at radius 1 is 1.28 bits per heavy atom. The molecular weight excluding hydrogens is 246 g/mol. The SMILES string of the molecule is CSC[C@@H]1CN2CC=CC[C@H]2[C@@H]2OC(C)(C)O[C@H]12. The van der Waals surface area contributed by atoms with Gasteiger partial charge in [-0.05, 0) is 32.3 Å². The van der Waals surface area contributed by atoms with E-state index in [0.717, 1.165) is 25.3 Å². The van der Waals surface area contributed by atoms with Gasteiger partial charge in [-0.15, -0.1) is 0 Å². The highest BCUT2D eigenvalue weighted by Gasteiger charge is 2.52. The minimum Gasteiger partial charge on any atom is -0.344 e. The smallest absolute Gasteiger partial charge is 0.163 e. The molecule has 0 aromatic heterocycles. The zero-order chi connectivity index (χ0) is 12.8. The molecule has 3 nitrogen and oxygen atoms in total. The second-order valence-electron chi connectivity index (χ2n) is 6.01. The van der Waals surface area contributed by atoms with E-state index in [2.05, 4.69) is 23.3 Å². The third-order valence-corrected chi connectivity index (χ3v) is 4.97. The van der Waals surface area contributed by atoms with Crippen LogP contribution in [0.1, 0.15) is 20.3 Å². The maximum atomic E-state index is 6.19. The van der Waals surface area contributed by atoms with Crippen LogP contribution in [0.4, 0.5) is 0 Å². The lowest BCUT2D eigenvalue weighted by Crippen LogP contribution is -2.59. The van der Waals surface area contributed by atoms with E-state index in [4.69, 9.17) is 9.47 Å². The number of fused-ring (bicyclic) bond motifs is 3. The van der Waals surface area contributed by atoms with E-state index in [0.29, 0.717) is 12.0 Å². The van der Waals surface area contributed by atoms with Gasteiger partial charge >= 0.3 is 0 Å². The Hall–Kier alpha value is -0.0300. The van der Waals surface area contributed by atoms with Crippen molar-refractivity contribution >= 4 is 11.8 Å². The van der Waals surface area contributed by atoms with Gasteiger partial charge in [-0.3, -0.25) is 4.90 Å². The van der Waals surface area contributed by atoms with Crippen molar-refractivity contribution in [3.05, 3.63) is 12.2 Å². The summed E-state index contributed by atoms with van der Waals surface area (Å²) < 4.78 is 12.4. The Bertz CT molecular complexity index is 345. The molecular formula is C14H23NO2S. The van der Waals surface area contributed by atoms with Crippen LogP contribution in [-0.4, -0.2) is 54.0 Å². The van der Waals surface area contributed by atoms with Crippen molar-refractivity contribution in [2.75, 3.05) is 25.1 Å². The molecule has 0 bridgehead atoms.